The van der Waals surface area contributed by atoms with Crippen LogP contribution in [0.1, 0.15) is 12.0 Å². The van der Waals surface area contributed by atoms with Crippen molar-refractivity contribution in [2.45, 2.75) is 13.0 Å². The van der Waals surface area contributed by atoms with Crippen molar-refractivity contribution < 1.29 is 18.0 Å². The SMILES string of the molecule is N#CCC(=O)NCc1cc(F)c(F)c(F)c1. The Hall–Kier alpha value is -2.03. The molecule has 0 heterocycles. The molecule has 0 unspecified atom stereocenters. The van der Waals surface area contributed by atoms with Crippen molar-refractivity contribution in [3.8, 4) is 6.07 Å². The molecule has 1 rings (SSSR count). The second kappa shape index (κ2) is 5.16. The molecule has 1 amide bonds. The van der Waals surface area contributed by atoms with Crippen molar-refractivity contribution in [1.29, 1.82) is 5.26 Å². The predicted octanol–water partition coefficient (Wildman–Crippen LogP) is 1.63. The highest BCUT2D eigenvalue weighted by molar-refractivity contribution is 5.77. The molecule has 6 heteroatoms. The quantitative estimate of drug-likeness (QED) is 0.799. The van der Waals surface area contributed by atoms with Gasteiger partial charge >= 0.3 is 0 Å². The van der Waals surface area contributed by atoms with Crippen LogP contribution in [0.15, 0.2) is 12.1 Å². The summed E-state index contributed by atoms with van der Waals surface area (Å²) in [7, 11) is 0. The minimum absolute atomic E-state index is 0.0858. The van der Waals surface area contributed by atoms with E-state index in [4.69, 9.17) is 5.26 Å². The topological polar surface area (TPSA) is 52.9 Å². The van der Waals surface area contributed by atoms with Crippen LogP contribution >= 0.6 is 0 Å². The van der Waals surface area contributed by atoms with Crippen molar-refractivity contribution in [2.75, 3.05) is 0 Å². The monoisotopic (exact) mass is 228 g/mol. The van der Waals surface area contributed by atoms with Gasteiger partial charge in [-0.05, 0) is 17.7 Å². The van der Waals surface area contributed by atoms with Crippen LogP contribution < -0.4 is 5.32 Å². The van der Waals surface area contributed by atoms with Crippen LogP contribution in [-0.4, -0.2) is 5.91 Å². The Morgan fingerprint density at radius 3 is 2.38 bits per heavy atom. The largest absolute Gasteiger partial charge is 0.351 e. The number of carbonyl (C=O) groups excluding carboxylic acids is 1. The van der Waals surface area contributed by atoms with Gasteiger partial charge in [0.1, 0.15) is 6.42 Å². The lowest BCUT2D eigenvalue weighted by Crippen LogP contribution is -2.22. The smallest absolute Gasteiger partial charge is 0.234 e. The molecule has 1 N–H and O–H groups in total. The number of hydrogen-bond acceptors (Lipinski definition) is 2. The predicted molar refractivity (Wildman–Crippen MR) is 48.4 cm³/mol. The van der Waals surface area contributed by atoms with Gasteiger partial charge in [0.05, 0.1) is 6.07 Å². The highest BCUT2D eigenvalue weighted by atomic mass is 19.2. The van der Waals surface area contributed by atoms with Crippen LogP contribution in [0.4, 0.5) is 13.2 Å². The molecule has 0 atom stereocenters. The lowest BCUT2D eigenvalue weighted by molar-refractivity contribution is -0.120. The molecule has 1 aromatic carbocycles. The summed E-state index contributed by atoms with van der Waals surface area (Å²) in [6.07, 6.45) is -0.341. The molecular weight excluding hydrogens is 221 g/mol. The first kappa shape index (κ1) is 12.0. The molecule has 0 aliphatic carbocycles. The van der Waals surface area contributed by atoms with E-state index in [9.17, 15) is 18.0 Å². The summed E-state index contributed by atoms with van der Waals surface area (Å²) < 4.78 is 38.0. The maximum Gasteiger partial charge on any atom is 0.234 e. The summed E-state index contributed by atoms with van der Waals surface area (Å²) in [5.74, 6) is -4.74. The number of carbonyl (C=O) groups is 1. The Labute approximate surface area is 89.5 Å². The number of rotatable bonds is 3. The summed E-state index contributed by atoms with van der Waals surface area (Å²) >= 11 is 0. The zero-order valence-corrected chi connectivity index (χ0v) is 8.06. The second-order valence-corrected chi connectivity index (χ2v) is 2.99. The van der Waals surface area contributed by atoms with Gasteiger partial charge in [0, 0.05) is 6.54 Å². The van der Waals surface area contributed by atoms with Gasteiger partial charge in [0.15, 0.2) is 17.5 Å². The van der Waals surface area contributed by atoms with Gasteiger partial charge in [0.25, 0.3) is 0 Å². The first-order valence-electron chi connectivity index (χ1n) is 4.31. The fourth-order valence-corrected chi connectivity index (χ4v) is 1.05. The molecule has 0 aliphatic heterocycles. The number of benzene rings is 1. The lowest BCUT2D eigenvalue weighted by atomic mass is 10.2. The highest BCUT2D eigenvalue weighted by Crippen LogP contribution is 2.13. The minimum Gasteiger partial charge on any atom is -0.351 e. The Morgan fingerprint density at radius 1 is 1.31 bits per heavy atom. The maximum atomic E-state index is 12.7. The van der Waals surface area contributed by atoms with Crippen LogP contribution in [0.5, 0.6) is 0 Å². The van der Waals surface area contributed by atoms with Crippen LogP contribution in [0.25, 0.3) is 0 Å². The Morgan fingerprint density at radius 2 is 1.88 bits per heavy atom. The molecule has 0 bridgehead atoms. The Balaban J connectivity index is 2.69. The van der Waals surface area contributed by atoms with Crippen molar-refractivity contribution in [3.05, 3.63) is 35.1 Å². The molecule has 0 aliphatic rings. The van der Waals surface area contributed by atoms with E-state index >= 15 is 0 Å². The number of nitrogens with zero attached hydrogens (tertiary/aromatic N) is 1. The fourth-order valence-electron chi connectivity index (χ4n) is 1.05. The third-order valence-corrected chi connectivity index (χ3v) is 1.77. The third-order valence-electron chi connectivity index (χ3n) is 1.77. The molecule has 3 nitrogen and oxygen atoms in total. The van der Waals surface area contributed by atoms with Crippen LogP contribution in [0.3, 0.4) is 0 Å². The molecule has 16 heavy (non-hydrogen) atoms. The second-order valence-electron chi connectivity index (χ2n) is 2.99. The van der Waals surface area contributed by atoms with E-state index in [1.54, 1.807) is 6.07 Å². The Bertz CT molecular complexity index is 431. The van der Waals surface area contributed by atoms with Gasteiger partial charge in [0.2, 0.25) is 5.91 Å². The van der Waals surface area contributed by atoms with Gasteiger partial charge in [-0.3, -0.25) is 4.79 Å². The van der Waals surface area contributed by atoms with Gasteiger partial charge in [-0.1, -0.05) is 0 Å². The molecule has 0 aromatic heterocycles. The fraction of sp³-hybridized carbons (Fsp3) is 0.200. The summed E-state index contributed by atoms with van der Waals surface area (Å²) in [4.78, 5) is 10.9. The van der Waals surface area contributed by atoms with E-state index in [0.29, 0.717) is 0 Å². The van der Waals surface area contributed by atoms with Gasteiger partial charge < -0.3 is 5.32 Å². The average Bonchev–Trinajstić information content (AvgIpc) is 2.23. The number of hydrogen-bond donors (Lipinski definition) is 1. The number of halogens is 3. The molecule has 1 aromatic rings. The average molecular weight is 228 g/mol. The van der Waals surface area contributed by atoms with Gasteiger partial charge in [-0.25, -0.2) is 13.2 Å². The Kier molecular flexibility index (Phi) is 3.89. The number of amides is 1. The standard InChI is InChI=1S/C10H7F3N2O/c11-7-3-6(4-8(12)10(7)13)5-15-9(16)1-2-14/h3-4H,1,5H2,(H,15,16). The lowest BCUT2D eigenvalue weighted by Gasteiger charge is -2.04. The third kappa shape index (κ3) is 2.98. The summed E-state index contributed by atoms with van der Waals surface area (Å²) in [5, 5.41) is 10.4. The molecule has 0 radical (unpaired) electrons. The van der Waals surface area contributed by atoms with Crippen LogP contribution in [0, 0.1) is 28.8 Å². The van der Waals surface area contributed by atoms with E-state index in [0.717, 1.165) is 12.1 Å². The first-order valence-corrected chi connectivity index (χ1v) is 4.31. The van der Waals surface area contributed by atoms with Crippen LogP contribution in [-0.2, 0) is 11.3 Å². The van der Waals surface area contributed by atoms with Gasteiger partial charge in [-0.15, -0.1) is 0 Å². The zero-order chi connectivity index (χ0) is 12.1. The molecular formula is C10H7F3N2O. The molecule has 0 fully saturated rings. The van der Waals surface area contributed by atoms with E-state index in [2.05, 4.69) is 5.32 Å². The summed E-state index contributed by atoms with van der Waals surface area (Å²) in [6.45, 7) is -0.158. The minimum atomic E-state index is -1.55. The van der Waals surface area contributed by atoms with E-state index < -0.39 is 23.4 Å². The number of nitrogens with one attached hydrogen (secondary N) is 1. The molecule has 0 saturated heterocycles. The van der Waals surface area contributed by atoms with Crippen LogP contribution in [0.2, 0.25) is 0 Å². The first-order chi connectivity index (χ1) is 7.54. The highest BCUT2D eigenvalue weighted by Gasteiger charge is 2.10. The van der Waals surface area contributed by atoms with Crippen molar-refractivity contribution in [1.82, 2.24) is 5.32 Å². The normalized spacial score (nSPS) is 9.62. The van der Waals surface area contributed by atoms with E-state index in [1.807, 2.05) is 0 Å². The number of nitriles is 1. The summed E-state index contributed by atoms with van der Waals surface area (Å²) in [6, 6.07) is 3.18. The molecule has 0 spiro atoms. The van der Waals surface area contributed by atoms with E-state index in [1.165, 1.54) is 0 Å². The van der Waals surface area contributed by atoms with E-state index in [-0.39, 0.29) is 18.5 Å². The maximum absolute atomic E-state index is 12.7. The van der Waals surface area contributed by atoms with Crippen molar-refractivity contribution in [3.63, 3.8) is 0 Å². The van der Waals surface area contributed by atoms with Gasteiger partial charge in [-0.2, -0.15) is 5.26 Å². The zero-order valence-electron chi connectivity index (χ0n) is 8.06. The molecule has 0 saturated carbocycles. The van der Waals surface area contributed by atoms with Crippen molar-refractivity contribution >= 4 is 5.91 Å². The summed E-state index contributed by atoms with van der Waals surface area (Å²) in [5.41, 5.74) is 0.0858. The van der Waals surface area contributed by atoms with Crippen molar-refractivity contribution in [2.24, 2.45) is 0 Å². The molecule has 84 valence electrons.